The maximum Gasteiger partial charge on any atom is 0.337 e. The van der Waals surface area contributed by atoms with Crippen molar-refractivity contribution in [2.24, 2.45) is 10.7 Å². The molecule has 0 aliphatic carbocycles. The fourth-order valence-corrected chi connectivity index (χ4v) is 1.46. The van der Waals surface area contributed by atoms with Crippen LogP contribution in [0.1, 0.15) is 36.7 Å². The van der Waals surface area contributed by atoms with Gasteiger partial charge >= 0.3 is 5.97 Å². The largest absolute Gasteiger partial charge is 0.465 e. The highest BCUT2D eigenvalue weighted by atomic mass is 16.5. The molecule has 5 heteroatoms. The minimum absolute atomic E-state index is 0.109. The highest BCUT2D eigenvalue weighted by molar-refractivity contribution is 5.89. The van der Waals surface area contributed by atoms with Gasteiger partial charge in [0.05, 0.1) is 19.2 Å². The Hall–Kier alpha value is -2.04. The van der Waals surface area contributed by atoms with E-state index in [-0.39, 0.29) is 11.5 Å². The summed E-state index contributed by atoms with van der Waals surface area (Å²) in [7, 11) is 1.36. The van der Waals surface area contributed by atoms with E-state index in [4.69, 9.17) is 5.73 Å². The first-order valence-corrected chi connectivity index (χ1v) is 6.07. The third kappa shape index (κ3) is 5.42. The molecule has 0 aliphatic heterocycles. The van der Waals surface area contributed by atoms with E-state index in [9.17, 15) is 4.79 Å². The highest BCUT2D eigenvalue weighted by Gasteiger charge is 2.09. The van der Waals surface area contributed by atoms with Crippen molar-refractivity contribution in [2.75, 3.05) is 7.11 Å². The number of nitrogens with zero attached hydrogens (tertiary/aromatic N) is 1. The van der Waals surface area contributed by atoms with Crippen LogP contribution in [0.5, 0.6) is 0 Å². The lowest BCUT2D eigenvalue weighted by Crippen LogP contribution is -2.44. The predicted molar refractivity (Wildman–Crippen MR) is 76.0 cm³/mol. The summed E-state index contributed by atoms with van der Waals surface area (Å²) in [5, 5.41) is 3.08. The van der Waals surface area contributed by atoms with Crippen molar-refractivity contribution in [3.8, 4) is 0 Å². The molecule has 5 nitrogen and oxygen atoms in total. The number of aliphatic imine (C=N–C) groups is 1. The van der Waals surface area contributed by atoms with E-state index in [0.29, 0.717) is 18.1 Å². The Morgan fingerprint density at radius 1 is 1.32 bits per heavy atom. The van der Waals surface area contributed by atoms with Gasteiger partial charge in [-0.05, 0) is 38.5 Å². The van der Waals surface area contributed by atoms with Crippen molar-refractivity contribution in [1.29, 1.82) is 0 Å². The zero-order valence-corrected chi connectivity index (χ0v) is 11.9. The molecular formula is C14H21N3O2. The molecule has 0 heterocycles. The van der Waals surface area contributed by atoms with Crippen molar-refractivity contribution in [2.45, 2.75) is 32.9 Å². The third-order valence-electron chi connectivity index (χ3n) is 2.31. The summed E-state index contributed by atoms with van der Waals surface area (Å²) in [6.45, 7) is 6.51. The van der Waals surface area contributed by atoms with Crippen molar-refractivity contribution in [1.82, 2.24) is 5.32 Å². The molecule has 1 aromatic carbocycles. The average molecular weight is 263 g/mol. The number of nitrogens with two attached hydrogens (primary N) is 1. The number of benzene rings is 1. The van der Waals surface area contributed by atoms with Gasteiger partial charge in [-0.25, -0.2) is 9.79 Å². The Kier molecular flexibility index (Phi) is 4.92. The van der Waals surface area contributed by atoms with E-state index in [1.165, 1.54) is 7.11 Å². The molecule has 0 fully saturated rings. The van der Waals surface area contributed by atoms with Gasteiger partial charge < -0.3 is 15.8 Å². The second-order valence-corrected chi connectivity index (χ2v) is 5.26. The number of hydrogen-bond acceptors (Lipinski definition) is 3. The Morgan fingerprint density at radius 2 is 1.89 bits per heavy atom. The first-order chi connectivity index (χ1) is 8.81. The molecule has 1 aromatic rings. The minimum Gasteiger partial charge on any atom is -0.465 e. The minimum atomic E-state index is -0.344. The lowest BCUT2D eigenvalue weighted by Gasteiger charge is -2.20. The van der Waals surface area contributed by atoms with E-state index < -0.39 is 0 Å². The monoisotopic (exact) mass is 263 g/mol. The second-order valence-electron chi connectivity index (χ2n) is 5.26. The van der Waals surface area contributed by atoms with Crippen LogP contribution in [-0.2, 0) is 11.3 Å². The topological polar surface area (TPSA) is 76.7 Å². The number of hydrogen-bond donors (Lipinski definition) is 2. The average Bonchev–Trinajstić information content (AvgIpc) is 2.34. The quantitative estimate of drug-likeness (QED) is 0.494. The van der Waals surface area contributed by atoms with E-state index in [1.807, 2.05) is 32.9 Å². The fraction of sp³-hybridized carbons (Fsp3) is 0.429. The van der Waals surface area contributed by atoms with Gasteiger partial charge in [-0.3, -0.25) is 0 Å². The maximum absolute atomic E-state index is 11.3. The summed E-state index contributed by atoms with van der Waals surface area (Å²) in [5.41, 5.74) is 7.17. The number of ether oxygens (including phenoxy) is 1. The zero-order valence-electron chi connectivity index (χ0n) is 11.9. The van der Waals surface area contributed by atoms with Gasteiger partial charge in [-0.1, -0.05) is 12.1 Å². The number of carbonyl (C=O) groups is 1. The molecule has 0 aliphatic rings. The number of carbonyl (C=O) groups excluding carboxylic acids is 1. The van der Waals surface area contributed by atoms with Crippen LogP contribution in [0.15, 0.2) is 29.3 Å². The predicted octanol–water partition coefficient (Wildman–Crippen LogP) is 1.68. The summed E-state index contributed by atoms with van der Waals surface area (Å²) < 4.78 is 4.63. The Balaban J connectivity index is 2.63. The first-order valence-electron chi connectivity index (χ1n) is 6.07. The molecule has 1 rings (SSSR count). The number of methoxy groups -OCH3 is 1. The fourth-order valence-electron chi connectivity index (χ4n) is 1.46. The molecule has 104 valence electrons. The van der Waals surface area contributed by atoms with Crippen molar-refractivity contribution >= 4 is 11.9 Å². The molecule has 0 aromatic heterocycles. The van der Waals surface area contributed by atoms with Crippen LogP contribution in [0, 0.1) is 0 Å². The lowest BCUT2D eigenvalue weighted by atomic mass is 10.1. The molecule has 0 spiro atoms. The number of esters is 1. The highest BCUT2D eigenvalue weighted by Crippen LogP contribution is 2.07. The Labute approximate surface area is 113 Å². The standard InChI is InChI=1S/C14H21N3O2/c1-14(2,3)17-13(15)16-9-10-5-7-11(8-6-10)12(18)19-4/h5-8H,9H2,1-4H3,(H3,15,16,17). The van der Waals surface area contributed by atoms with Crippen LogP contribution in [0.25, 0.3) is 0 Å². The smallest absolute Gasteiger partial charge is 0.337 e. The summed E-state index contributed by atoms with van der Waals surface area (Å²) in [6, 6.07) is 7.09. The van der Waals surface area contributed by atoms with Crippen molar-refractivity contribution in [3.05, 3.63) is 35.4 Å². The van der Waals surface area contributed by atoms with Gasteiger partial charge in [0.1, 0.15) is 0 Å². The summed E-state index contributed by atoms with van der Waals surface area (Å²) >= 11 is 0. The van der Waals surface area contributed by atoms with Crippen LogP contribution in [0.3, 0.4) is 0 Å². The lowest BCUT2D eigenvalue weighted by molar-refractivity contribution is 0.0600. The second kappa shape index (κ2) is 6.22. The van der Waals surface area contributed by atoms with Gasteiger partial charge in [0.25, 0.3) is 0 Å². The van der Waals surface area contributed by atoms with E-state index in [2.05, 4.69) is 15.0 Å². The number of nitrogens with one attached hydrogen (secondary N) is 1. The van der Waals surface area contributed by atoms with Gasteiger partial charge in [-0.15, -0.1) is 0 Å². The summed E-state index contributed by atoms with van der Waals surface area (Å²) in [4.78, 5) is 15.5. The normalized spacial score (nSPS) is 12.1. The molecule has 0 bridgehead atoms. The first kappa shape index (κ1) is 15.0. The molecule has 0 radical (unpaired) electrons. The Bertz CT molecular complexity index is 459. The van der Waals surface area contributed by atoms with Crippen LogP contribution >= 0.6 is 0 Å². The van der Waals surface area contributed by atoms with Crippen molar-refractivity contribution < 1.29 is 9.53 Å². The van der Waals surface area contributed by atoms with Crippen molar-refractivity contribution in [3.63, 3.8) is 0 Å². The van der Waals surface area contributed by atoms with Crippen LogP contribution < -0.4 is 11.1 Å². The van der Waals surface area contributed by atoms with Gasteiger partial charge in [0.2, 0.25) is 0 Å². The van der Waals surface area contributed by atoms with E-state index >= 15 is 0 Å². The van der Waals surface area contributed by atoms with E-state index in [1.54, 1.807) is 12.1 Å². The summed E-state index contributed by atoms with van der Waals surface area (Å²) in [6.07, 6.45) is 0. The van der Waals surface area contributed by atoms with Crippen LogP contribution in [-0.4, -0.2) is 24.6 Å². The number of guanidine groups is 1. The summed E-state index contributed by atoms with van der Waals surface area (Å²) in [5.74, 6) is 0.0634. The SMILES string of the molecule is COC(=O)c1ccc(CN=C(N)NC(C)(C)C)cc1. The molecule has 0 saturated carbocycles. The number of rotatable bonds is 3. The molecule has 3 N–H and O–H groups in total. The zero-order chi connectivity index (χ0) is 14.5. The van der Waals surface area contributed by atoms with Gasteiger partial charge in [-0.2, -0.15) is 0 Å². The molecule has 0 atom stereocenters. The van der Waals surface area contributed by atoms with Crippen LogP contribution in [0.2, 0.25) is 0 Å². The molecule has 0 saturated heterocycles. The van der Waals surface area contributed by atoms with Gasteiger partial charge in [0, 0.05) is 5.54 Å². The molecular weight excluding hydrogens is 242 g/mol. The third-order valence-corrected chi connectivity index (χ3v) is 2.31. The molecule has 0 amide bonds. The maximum atomic E-state index is 11.3. The molecule has 19 heavy (non-hydrogen) atoms. The van der Waals surface area contributed by atoms with Gasteiger partial charge in [0.15, 0.2) is 5.96 Å². The van der Waals surface area contributed by atoms with Crippen LogP contribution in [0.4, 0.5) is 0 Å². The molecule has 0 unspecified atom stereocenters. The Morgan fingerprint density at radius 3 is 2.37 bits per heavy atom. The van der Waals surface area contributed by atoms with E-state index in [0.717, 1.165) is 5.56 Å².